The van der Waals surface area contributed by atoms with E-state index in [4.69, 9.17) is 8.94 Å². The second-order valence-electron chi connectivity index (χ2n) is 7.46. The van der Waals surface area contributed by atoms with Gasteiger partial charge in [-0.2, -0.15) is 4.98 Å². The third-order valence-electron chi connectivity index (χ3n) is 5.02. The molecule has 2 aromatic rings. The van der Waals surface area contributed by atoms with Crippen molar-refractivity contribution in [1.29, 1.82) is 0 Å². The molecule has 1 unspecified atom stereocenters. The van der Waals surface area contributed by atoms with Crippen LogP contribution in [0.15, 0.2) is 32.3 Å². The van der Waals surface area contributed by atoms with Gasteiger partial charge in [-0.25, -0.2) is 0 Å². The van der Waals surface area contributed by atoms with Gasteiger partial charge in [0.05, 0.1) is 12.3 Å². The molecule has 8 heteroatoms. The van der Waals surface area contributed by atoms with E-state index in [1.807, 2.05) is 6.07 Å². The van der Waals surface area contributed by atoms with Crippen LogP contribution in [0.25, 0.3) is 0 Å². The van der Waals surface area contributed by atoms with Crippen molar-refractivity contribution in [2.45, 2.75) is 51.5 Å². The summed E-state index contributed by atoms with van der Waals surface area (Å²) >= 11 is 0. The predicted octanol–water partition coefficient (Wildman–Crippen LogP) is 2.72. The van der Waals surface area contributed by atoms with E-state index in [2.05, 4.69) is 50.6 Å². The highest BCUT2D eigenvalue weighted by Gasteiger charge is 2.24. The zero-order valence-corrected chi connectivity index (χ0v) is 17.1. The molecule has 3 rings (SSSR count). The van der Waals surface area contributed by atoms with Crippen molar-refractivity contribution >= 4 is 5.96 Å². The largest absolute Gasteiger partial charge is 0.468 e. The molecule has 0 radical (unpaired) electrons. The first-order valence-electron chi connectivity index (χ1n) is 10.2. The number of hydrogen-bond donors (Lipinski definition) is 2. The maximum atomic E-state index is 5.71. The van der Waals surface area contributed by atoms with Gasteiger partial charge in [-0.3, -0.25) is 9.89 Å². The van der Waals surface area contributed by atoms with Gasteiger partial charge in [-0.15, -0.1) is 0 Å². The summed E-state index contributed by atoms with van der Waals surface area (Å²) in [5, 5.41) is 10.8. The molecule has 1 aliphatic heterocycles. The molecule has 1 saturated heterocycles. The topological polar surface area (TPSA) is 91.7 Å². The zero-order valence-electron chi connectivity index (χ0n) is 17.1. The van der Waals surface area contributed by atoms with Crippen molar-refractivity contribution in [3.8, 4) is 0 Å². The highest BCUT2D eigenvalue weighted by molar-refractivity contribution is 5.79. The molecular formula is C20H32N6O2. The monoisotopic (exact) mass is 388 g/mol. The number of piperidine rings is 1. The summed E-state index contributed by atoms with van der Waals surface area (Å²) in [7, 11) is 1.78. The Hall–Kier alpha value is -2.35. The van der Waals surface area contributed by atoms with Crippen LogP contribution in [-0.4, -0.2) is 54.2 Å². The average molecular weight is 389 g/mol. The van der Waals surface area contributed by atoms with Crippen molar-refractivity contribution in [3.05, 3.63) is 35.9 Å². The molecular weight excluding hydrogens is 356 g/mol. The second-order valence-corrected chi connectivity index (χ2v) is 7.46. The van der Waals surface area contributed by atoms with Crippen molar-refractivity contribution in [1.82, 2.24) is 25.7 Å². The Morgan fingerprint density at radius 1 is 1.25 bits per heavy atom. The number of nitrogens with zero attached hydrogens (tertiary/aromatic N) is 4. The molecule has 1 fully saturated rings. The van der Waals surface area contributed by atoms with E-state index < -0.39 is 0 Å². The molecule has 28 heavy (non-hydrogen) atoms. The first kappa shape index (κ1) is 20.4. The zero-order chi connectivity index (χ0) is 19.8. The van der Waals surface area contributed by atoms with Gasteiger partial charge in [-0.1, -0.05) is 25.4 Å². The van der Waals surface area contributed by atoms with E-state index in [1.54, 1.807) is 13.3 Å². The van der Waals surface area contributed by atoms with Crippen molar-refractivity contribution < 1.29 is 8.94 Å². The molecule has 0 saturated carbocycles. The van der Waals surface area contributed by atoms with E-state index >= 15 is 0 Å². The fraction of sp³-hybridized carbons (Fsp3) is 0.650. The lowest BCUT2D eigenvalue weighted by molar-refractivity contribution is 0.146. The highest BCUT2D eigenvalue weighted by atomic mass is 16.5. The lowest BCUT2D eigenvalue weighted by Gasteiger charge is -2.33. The Morgan fingerprint density at radius 3 is 2.71 bits per heavy atom. The van der Waals surface area contributed by atoms with Crippen LogP contribution in [0.5, 0.6) is 0 Å². The number of hydrogen-bond acceptors (Lipinski definition) is 6. The summed E-state index contributed by atoms with van der Waals surface area (Å²) in [5.74, 6) is 3.43. The van der Waals surface area contributed by atoms with Gasteiger partial charge in [-0.05, 0) is 38.1 Å². The molecule has 1 aliphatic rings. The minimum atomic E-state index is 0.207. The van der Waals surface area contributed by atoms with E-state index in [0.717, 1.165) is 37.2 Å². The number of guanidine groups is 1. The van der Waals surface area contributed by atoms with Gasteiger partial charge >= 0.3 is 0 Å². The van der Waals surface area contributed by atoms with Gasteiger partial charge < -0.3 is 19.6 Å². The van der Waals surface area contributed by atoms with Crippen molar-refractivity contribution in [3.63, 3.8) is 0 Å². The highest BCUT2D eigenvalue weighted by Crippen LogP contribution is 2.24. The standard InChI is InChI=1S/C20H32N6O2/c1-15(2)19-24-18(28-25-19)9-10-22-20(21-3)23-14-16(17-8-7-13-27-17)26-11-5-4-6-12-26/h7-8,13,15-16H,4-6,9-12,14H2,1-3H3,(H2,21,22,23). The molecule has 3 heterocycles. The summed E-state index contributed by atoms with van der Waals surface area (Å²) in [4.78, 5) is 11.2. The lowest BCUT2D eigenvalue weighted by atomic mass is 10.1. The van der Waals surface area contributed by atoms with Crippen LogP contribution in [-0.2, 0) is 6.42 Å². The quantitative estimate of drug-likeness (QED) is 0.531. The Kier molecular flexibility index (Phi) is 7.47. The summed E-state index contributed by atoms with van der Waals surface area (Å²) in [6.07, 6.45) is 6.20. The number of rotatable bonds is 8. The van der Waals surface area contributed by atoms with Crippen LogP contribution in [0.3, 0.4) is 0 Å². The number of likely N-dealkylation sites (tertiary alicyclic amines) is 1. The Labute approximate surface area is 166 Å². The molecule has 154 valence electrons. The van der Waals surface area contributed by atoms with E-state index in [9.17, 15) is 0 Å². The summed E-state index contributed by atoms with van der Waals surface area (Å²) in [5.41, 5.74) is 0. The molecule has 0 bridgehead atoms. The summed E-state index contributed by atoms with van der Waals surface area (Å²) in [6, 6.07) is 4.21. The first-order chi connectivity index (χ1) is 13.7. The molecule has 0 aromatic carbocycles. The normalized spacial score (nSPS) is 17.1. The SMILES string of the molecule is CN=C(NCCc1nc(C(C)C)no1)NCC(c1ccco1)N1CCCCC1. The third-order valence-corrected chi connectivity index (χ3v) is 5.02. The molecule has 2 N–H and O–H groups in total. The fourth-order valence-electron chi connectivity index (χ4n) is 3.43. The number of furan rings is 1. The van der Waals surface area contributed by atoms with E-state index in [0.29, 0.717) is 18.9 Å². The van der Waals surface area contributed by atoms with Gasteiger partial charge in [0.25, 0.3) is 0 Å². The van der Waals surface area contributed by atoms with Crippen LogP contribution in [0.2, 0.25) is 0 Å². The predicted molar refractivity (Wildman–Crippen MR) is 108 cm³/mol. The Balaban J connectivity index is 1.49. The lowest BCUT2D eigenvalue weighted by Crippen LogP contribution is -2.44. The maximum absolute atomic E-state index is 5.71. The smallest absolute Gasteiger partial charge is 0.228 e. The molecule has 0 spiro atoms. The molecule has 1 atom stereocenters. The van der Waals surface area contributed by atoms with Gasteiger partial charge in [0.2, 0.25) is 5.89 Å². The van der Waals surface area contributed by atoms with E-state index in [1.165, 1.54) is 19.3 Å². The van der Waals surface area contributed by atoms with Crippen LogP contribution in [0.4, 0.5) is 0 Å². The second kappa shape index (κ2) is 10.3. The Morgan fingerprint density at radius 2 is 2.07 bits per heavy atom. The molecule has 2 aromatic heterocycles. The van der Waals surface area contributed by atoms with Gasteiger partial charge in [0.15, 0.2) is 11.8 Å². The summed E-state index contributed by atoms with van der Waals surface area (Å²) in [6.45, 7) is 7.73. The number of aromatic nitrogens is 2. The molecule has 0 aliphatic carbocycles. The van der Waals surface area contributed by atoms with Crippen LogP contribution in [0, 0.1) is 0 Å². The van der Waals surface area contributed by atoms with Crippen LogP contribution in [0.1, 0.15) is 62.5 Å². The van der Waals surface area contributed by atoms with Gasteiger partial charge in [0.1, 0.15) is 5.76 Å². The summed E-state index contributed by atoms with van der Waals surface area (Å²) < 4.78 is 11.0. The number of nitrogens with one attached hydrogen (secondary N) is 2. The first-order valence-corrected chi connectivity index (χ1v) is 10.2. The van der Waals surface area contributed by atoms with Crippen LogP contribution < -0.4 is 10.6 Å². The Bertz CT molecular complexity index is 719. The van der Waals surface area contributed by atoms with Crippen molar-refractivity contribution in [2.75, 3.05) is 33.2 Å². The van der Waals surface area contributed by atoms with Crippen LogP contribution >= 0.6 is 0 Å². The maximum Gasteiger partial charge on any atom is 0.228 e. The molecule has 8 nitrogen and oxygen atoms in total. The minimum absolute atomic E-state index is 0.207. The number of aliphatic imine (C=N–C) groups is 1. The van der Waals surface area contributed by atoms with E-state index in [-0.39, 0.29) is 12.0 Å². The molecule has 0 amide bonds. The van der Waals surface area contributed by atoms with Gasteiger partial charge in [0, 0.05) is 32.5 Å². The van der Waals surface area contributed by atoms with Crippen molar-refractivity contribution in [2.24, 2.45) is 4.99 Å². The average Bonchev–Trinajstić information content (AvgIpc) is 3.40. The fourth-order valence-corrected chi connectivity index (χ4v) is 3.43. The third kappa shape index (κ3) is 5.58. The minimum Gasteiger partial charge on any atom is -0.468 e.